The van der Waals surface area contributed by atoms with Gasteiger partial charge in [-0.15, -0.1) is 24.0 Å². The second-order valence-corrected chi connectivity index (χ2v) is 6.32. The van der Waals surface area contributed by atoms with Crippen molar-refractivity contribution in [1.82, 2.24) is 15.4 Å². The van der Waals surface area contributed by atoms with Crippen molar-refractivity contribution >= 4 is 29.9 Å². The van der Waals surface area contributed by atoms with Crippen LogP contribution in [-0.4, -0.2) is 49.3 Å². The summed E-state index contributed by atoms with van der Waals surface area (Å²) >= 11 is 0. The molecule has 0 unspecified atom stereocenters. The molecular formula is C20H31IN4O2. The summed E-state index contributed by atoms with van der Waals surface area (Å²) in [5.74, 6) is 2.69. The molecule has 7 heteroatoms. The maximum atomic E-state index is 5.89. The SMILES string of the molecule is CCNC(=NCCc1c(C)noc1C)N(C)CCOc1ccccc1C.I. The van der Waals surface area contributed by atoms with E-state index in [0.29, 0.717) is 13.2 Å². The zero-order valence-electron chi connectivity index (χ0n) is 16.9. The summed E-state index contributed by atoms with van der Waals surface area (Å²) in [5.41, 5.74) is 3.24. The zero-order valence-corrected chi connectivity index (χ0v) is 19.2. The Kier molecular flexibility index (Phi) is 10.2. The Hall–Kier alpha value is -1.77. The van der Waals surface area contributed by atoms with E-state index in [2.05, 4.69) is 35.3 Å². The van der Waals surface area contributed by atoms with E-state index in [-0.39, 0.29) is 24.0 Å². The quantitative estimate of drug-likeness (QED) is 0.350. The lowest BCUT2D eigenvalue weighted by molar-refractivity contribution is 0.280. The minimum Gasteiger partial charge on any atom is -0.491 e. The highest BCUT2D eigenvalue weighted by Crippen LogP contribution is 2.16. The fourth-order valence-electron chi connectivity index (χ4n) is 2.72. The average Bonchev–Trinajstić information content (AvgIpc) is 2.94. The van der Waals surface area contributed by atoms with Gasteiger partial charge in [0.25, 0.3) is 0 Å². The van der Waals surface area contributed by atoms with Crippen LogP contribution in [0, 0.1) is 20.8 Å². The van der Waals surface area contributed by atoms with Gasteiger partial charge in [-0.3, -0.25) is 4.99 Å². The van der Waals surface area contributed by atoms with E-state index in [1.54, 1.807) is 0 Å². The van der Waals surface area contributed by atoms with Crippen LogP contribution in [0.4, 0.5) is 0 Å². The monoisotopic (exact) mass is 486 g/mol. The number of hydrogen-bond acceptors (Lipinski definition) is 4. The van der Waals surface area contributed by atoms with Crippen LogP contribution in [-0.2, 0) is 6.42 Å². The molecule has 1 N–H and O–H groups in total. The number of likely N-dealkylation sites (N-methyl/N-ethyl adjacent to an activating group) is 1. The Bertz CT molecular complexity index is 711. The van der Waals surface area contributed by atoms with Crippen LogP contribution >= 0.6 is 24.0 Å². The van der Waals surface area contributed by atoms with Gasteiger partial charge in [-0.05, 0) is 45.7 Å². The Morgan fingerprint density at radius 3 is 2.63 bits per heavy atom. The van der Waals surface area contributed by atoms with Crippen molar-refractivity contribution in [3.05, 3.63) is 46.8 Å². The van der Waals surface area contributed by atoms with E-state index >= 15 is 0 Å². The standard InChI is InChI=1S/C20H30N4O2.HI/c1-6-21-20(22-12-11-18-16(3)23-26-17(18)4)24(5)13-14-25-19-10-8-7-9-15(19)2;/h7-10H,6,11-14H2,1-5H3,(H,21,22);1H. The molecule has 0 bridgehead atoms. The fraction of sp³-hybridized carbons (Fsp3) is 0.500. The molecule has 27 heavy (non-hydrogen) atoms. The smallest absolute Gasteiger partial charge is 0.193 e. The Morgan fingerprint density at radius 2 is 2.00 bits per heavy atom. The van der Waals surface area contributed by atoms with Gasteiger partial charge < -0.3 is 19.5 Å². The van der Waals surface area contributed by atoms with Crippen LogP contribution in [0.15, 0.2) is 33.8 Å². The Labute approximate surface area is 179 Å². The lowest BCUT2D eigenvalue weighted by atomic mass is 10.1. The number of benzene rings is 1. The van der Waals surface area contributed by atoms with Crippen LogP contribution in [0.25, 0.3) is 0 Å². The van der Waals surface area contributed by atoms with Crippen molar-refractivity contribution in [3.63, 3.8) is 0 Å². The molecule has 150 valence electrons. The van der Waals surface area contributed by atoms with Gasteiger partial charge >= 0.3 is 0 Å². The van der Waals surface area contributed by atoms with Crippen molar-refractivity contribution in [1.29, 1.82) is 0 Å². The number of nitrogens with one attached hydrogen (secondary N) is 1. The number of hydrogen-bond donors (Lipinski definition) is 1. The van der Waals surface area contributed by atoms with E-state index in [1.165, 1.54) is 0 Å². The lowest BCUT2D eigenvalue weighted by Crippen LogP contribution is -2.41. The van der Waals surface area contributed by atoms with Crippen LogP contribution in [0.3, 0.4) is 0 Å². The third-order valence-corrected chi connectivity index (χ3v) is 4.28. The Balaban J connectivity index is 0.00000364. The van der Waals surface area contributed by atoms with Crippen molar-refractivity contribution in [2.45, 2.75) is 34.1 Å². The average molecular weight is 486 g/mol. The van der Waals surface area contributed by atoms with E-state index in [9.17, 15) is 0 Å². The fourth-order valence-corrected chi connectivity index (χ4v) is 2.72. The molecule has 0 spiro atoms. The molecule has 0 saturated heterocycles. The minimum atomic E-state index is 0. The number of ether oxygens (including phenoxy) is 1. The summed E-state index contributed by atoms with van der Waals surface area (Å²) in [7, 11) is 2.03. The highest BCUT2D eigenvalue weighted by Gasteiger charge is 2.10. The number of para-hydroxylation sites is 1. The minimum absolute atomic E-state index is 0. The maximum absolute atomic E-state index is 5.89. The predicted octanol–water partition coefficient (Wildman–Crippen LogP) is 3.74. The Morgan fingerprint density at radius 1 is 1.26 bits per heavy atom. The van der Waals surface area contributed by atoms with Crippen molar-refractivity contribution in [2.24, 2.45) is 4.99 Å². The molecule has 1 aromatic heterocycles. The first-order valence-electron chi connectivity index (χ1n) is 9.12. The van der Waals surface area contributed by atoms with E-state index < -0.39 is 0 Å². The summed E-state index contributed by atoms with van der Waals surface area (Å²) in [6.45, 7) is 10.9. The predicted molar refractivity (Wildman–Crippen MR) is 120 cm³/mol. The highest BCUT2D eigenvalue weighted by molar-refractivity contribution is 14.0. The topological polar surface area (TPSA) is 62.9 Å². The number of guanidine groups is 1. The largest absolute Gasteiger partial charge is 0.491 e. The summed E-state index contributed by atoms with van der Waals surface area (Å²) in [5, 5.41) is 7.33. The lowest BCUT2D eigenvalue weighted by Gasteiger charge is -2.22. The first-order valence-corrected chi connectivity index (χ1v) is 9.12. The normalized spacial score (nSPS) is 11.1. The van der Waals surface area contributed by atoms with Gasteiger partial charge in [0.05, 0.1) is 12.2 Å². The van der Waals surface area contributed by atoms with Crippen LogP contribution < -0.4 is 10.1 Å². The summed E-state index contributed by atoms with van der Waals surface area (Å²) in [6.07, 6.45) is 0.823. The molecular weight excluding hydrogens is 455 g/mol. The molecule has 0 aliphatic rings. The number of nitrogens with zero attached hydrogens (tertiary/aromatic N) is 3. The second kappa shape index (κ2) is 11.8. The summed E-state index contributed by atoms with van der Waals surface area (Å²) < 4.78 is 11.1. The molecule has 0 atom stereocenters. The number of aryl methyl sites for hydroxylation is 3. The zero-order chi connectivity index (χ0) is 18.9. The van der Waals surface area contributed by atoms with Crippen molar-refractivity contribution < 1.29 is 9.26 Å². The van der Waals surface area contributed by atoms with Crippen LogP contribution in [0.1, 0.15) is 29.5 Å². The van der Waals surface area contributed by atoms with Gasteiger partial charge in [-0.1, -0.05) is 23.4 Å². The van der Waals surface area contributed by atoms with Crippen LogP contribution in [0.5, 0.6) is 5.75 Å². The van der Waals surface area contributed by atoms with Crippen molar-refractivity contribution in [2.75, 3.05) is 33.3 Å². The molecule has 0 radical (unpaired) electrons. The van der Waals surface area contributed by atoms with Crippen LogP contribution in [0.2, 0.25) is 0 Å². The van der Waals surface area contributed by atoms with Crippen molar-refractivity contribution in [3.8, 4) is 5.75 Å². The van der Waals surface area contributed by atoms with Gasteiger partial charge in [-0.25, -0.2) is 0 Å². The van der Waals surface area contributed by atoms with E-state index in [1.807, 2.05) is 39.1 Å². The molecule has 2 aromatic rings. The number of aliphatic imine (C=N–C) groups is 1. The van der Waals surface area contributed by atoms with E-state index in [4.69, 9.17) is 14.3 Å². The number of rotatable bonds is 8. The first-order chi connectivity index (χ1) is 12.5. The molecule has 0 aliphatic carbocycles. The van der Waals surface area contributed by atoms with Gasteiger partial charge in [0.1, 0.15) is 18.1 Å². The van der Waals surface area contributed by atoms with Gasteiger partial charge in [0.15, 0.2) is 5.96 Å². The molecule has 2 rings (SSSR count). The molecule has 1 heterocycles. The molecule has 0 saturated carbocycles. The molecule has 0 aliphatic heterocycles. The summed E-state index contributed by atoms with van der Waals surface area (Å²) in [4.78, 5) is 6.81. The third kappa shape index (κ3) is 7.04. The molecule has 0 amide bonds. The van der Waals surface area contributed by atoms with E-state index in [0.717, 1.165) is 53.8 Å². The van der Waals surface area contributed by atoms with Gasteiger partial charge in [-0.2, -0.15) is 0 Å². The molecule has 0 fully saturated rings. The van der Waals surface area contributed by atoms with Gasteiger partial charge in [0, 0.05) is 25.7 Å². The molecule has 6 nitrogen and oxygen atoms in total. The highest BCUT2D eigenvalue weighted by atomic mass is 127. The summed E-state index contributed by atoms with van der Waals surface area (Å²) in [6, 6.07) is 8.06. The maximum Gasteiger partial charge on any atom is 0.193 e. The first kappa shape index (κ1) is 23.3. The number of halogens is 1. The third-order valence-electron chi connectivity index (χ3n) is 4.28. The number of aromatic nitrogens is 1. The second-order valence-electron chi connectivity index (χ2n) is 6.32. The van der Waals surface area contributed by atoms with Gasteiger partial charge in [0.2, 0.25) is 0 Å². The molecule has 1 aromatic carbocycles.